The molecule has 1 aromatic rings. The van der Waals surface area contributed by atoms with Crippen molar-refractivity contribution in [3.63, 3.8) is 0 Å². The number of rotatable bonds is 1. The topological polar surface area (TPSA) is 30.0 Å². The van der Waals surface area contributed by atoms with Crippen LogP contribution in [0.2, 0.25) is 0 Å². The van der Waals surface area contributed by atoms with E-state index < -0.39 is 5.24 Å². The zero-order chi connectivity index (χ0) is 7.56. The molecule has 0 aliphatic carbocycles. The molecule has 1 heterocycles. The van der Waals surface area contributed by atoms with E-state index in [-0.39, 0.29) is 0 Å². The number of hydrogen-bond acceptors (Lipinski definition) is 2. The molecule has 0 aliphatic heterocycles. The van der Waals surface area contributed by atoms with E-state index in [1.807, 2.05) is 0 Å². The lowest BCUT2D eigenvalue weighted by atomic mass is 10.3. The number of halogens is 2. The van der Waals surface area contributed by atoms with Crippen LogP contribution >= 0.6 is 27.5 Å². The van der Waals surface area contributed by atoms with Crippen molar-refractivity contribution in [3.05, 3.63) is 28.5 Å². The molecule has 0 amide bonds. The van der Waals surface area contributed by atoms with Crippen LogP contribution in [0.3, 0.4) is 0 Å². The van der Waals surface area contributed by atoms with Crippen molar-refractivity contribution < 1.29 is 4.79 Å². The van der Waals surface area contributed by atoms with Crippen LogP contribution in [0.5, 0.6) is 0 Å². The molecule has 0 unspecified atom stereocenters. The molecule has 0 fully saturated rings. The Morgan fingerprint density at radius 1 is 1.60 bits per heavy atom. The maximum atomic E-state index is 10.5. The SMILES string of the molecule is O=C(Cl)c1ccc(Br)nc1. The summed E-state index contributed by atoms with van der Waals surface area (Å²) in [6.07, 6.45) is 1.42. The first kappa shape index (κ1) is 7.69. The molecule has 4 heteroatoms. The van der Waals surface area contributed by atoms with Crippen LogP contribution in [0.1, 0.15) is 10.4 Å². The Morgan fingerprint density at radius 3 is 2.70 bits per heavy atom. The predicted octanol–water partition coefficient (Wildman–Crippen LogP) is 2.22. The number of carbonyl (C=O) groups excluding carboxylic acids is 1. The third-order valence-corrected chi connectivity index (χ3v) is 1.64. The smallest absolute Gasteiger partial charge is 0.253 e. The molecule has 0 aliphatic rings. The second-order valence-corrected chi connectivity index (χ2v) is 2.80. The third-order valence-electron chi connectivity index (χ3n) is 0.954. The van der Waals surface area contributed by atoms with Crippen molar-refractivity contribution in [3.8, 4) is 0 Å². The van der Waals surface area contributed by atoms with E-state index in [4.69, 9.17) is 11.6 Å². The minimum absolute atomic E-state index is 0.407. The van der Waals surface area contributed by atoms with Crippen LogP contribution in [-0.4, -0.2) is 10.2 Å². The maximum Gasteiger partial charge on any atom is 0.253 e. The first-order chi connectivity index (χ1) is 4.70. The number of hydrogen-bond donors (Lipinski definition) is 0. The van der Waals surface area contributed by atoms with E-state index >= 15 is 0 Å². The molecule has 10 heavy (non-hydrogen) atoms. The zero-order valence-corrected chi connectivity index (χ0v) is 7.19. The first-order valence-electron chi connectivity index (χ1n) is 2.51. The van der Waals surface area contributed by atoms with Crippen molar-refractivity contribution in [2.45, 2.75) is 0 Å². The van der Waals surface area contributed by atoms with Gasteiger partial charge < -0.3 is 0 Å². The Bertz CT molecular complexity index is 246. The van der Waals surface area contributed by atoms with Gasteiger partial charge in [-0.05, 0) is 39.7 Å². The van der Waals surface area contributed by atoms with Gasteiger partial charge in [-0.15, -0.1) is 0 Å². The third kappa shape index (κ3) is 1.78. The first-order valence-corrected chi connectivity index (χ1v) is 3.68. The van der Waals surface area contributed by atoms with Gasteiger partial charge in [-0.2, -0.15) is 0 Å². The Balaban J connectivity index is 3.00. The standard InChI is InChI=1S/C6H3BrClNO/c7-5-2-1-4(3-9-5)6(8)10/h1-3H. The summed E-state index contributed by atoms with van der Waals surface area (Å²) in [5, 5.41) is -0.486. The fourth-order valence-corrected chi connectivity index (χ4v) is 0.838. The van der Waals surface area contributed by atoms with E-state index in [0.717, 1.165) is 0 Å². The molecule has 0 aromatic carbocycles. The van der Waals surface area contributed by atoms with Gasteiger partial charge in [0.05, 0.1) is 5.56 Å². The molecule has 0 atom stereocenters. The molecule has 0 saturated carbocycles. The molecule has 0 saturated heterocycles. The van der Waals surface area contributed by atoms with Crippen LogP contribution in [-0.2, 0) is 0 Å². The molecule has 0 spiro atoms. The lowest BCUT2D eigenvalue weighted by molar-refractivity contribution is 0.108. The monoisotopic (exact) mass is 219 g/mol. The van der Waals surface area contributed by atoms with E-state index in [0.29, 0.717) is 10.2 Å². The highest BCUT2D eigenvalue weighted by Crippen LogP contribution is 2.07. The van der Waals surface area contributed by atoms with Gasteiger partial charge >= 0.3 is 0 Å². The number of nitrogens with zero attached hydrogens (tertiary/aromatic N) is 1. The van der Waals surface area contributed by atoms with E-state index in [1.165, 1.54) is 6.20 Å². The van der Waals surface area contributed by atoms with Gasteiger partial charge in [0.25, 0.3) is 5.24 Å². The maximum absolute atomic E-state index is 10.5. The number of carbonyl (C=O) groups is 1. The highest BCUT2D eigenvalue weighted by atomic mass is 79.9. The summed E-state index contributed by atoms with van der Waals surface area (Å²) in [6, 6.07) is 3.27. The summed E-state index contributed by atoms with van der Waals surface area (Å²) >= 11 is 8.29. The molecular weight excluding hydrogens is 217 g/mol. The Kier molecular flexibility index (Phi) is 2.40. The normalized spacial score (nSPS) is 9.40. The van der Waals surface area contributed by atoms with Crippen LogP contribution in [0, 0.1) is 0 Å². The van der Waals surface area contributed by atoms with Gasteiger partial charge in [-0.25, -0.2) is 4.98 Å². The van der Waals surface area contributed by atoms with Crippen molar-refractivity contribution in [1.29, 1.82) is 0 Å². The minimum atomic E-state index is -0.486. The number of aromatic nitrogens is 1. The van der Waals surface area contributed by atoms with Gasteiger partial charge in [0.15, 0.2) is 0 Å². The fraction of sp³-hybridized carbons (Fsp3) is 0. The van der Waals surface area contributed by atoms with Crippen LogP contribution < -0.4 is 0 Å². The average molecular weight is 220 g/mol. The fourth-order valence-electron chi connectivity index (χ4n) is 0.492. The summed E-state index contributed by atoms with van der Waals surface area (Å²) < 4.78 is 0.689. The largest absolute Gasteiger partial charge is 0.276 e. The van der Waals surface area contributed by atoms with Crippen molar-refractivity contribution in [2.24, 2.45) is 0 Å². The summed E-state index contributed by atoms with van der Waals surface area (Å²) in [7, 11) is 0. The Labute approximate surface area is 71.3 Å². The predicted molar refractivity (Wildman–Crippen MR) is 42.1 cm³/mol. The average Bonchev–Trinajstić information content (AvgIpc) is 1.88. The van der Waals surface area contributed by atoms with E-state index in [2.05, 4.69) is 20.9 Å². The minimum Gasteiger partial charge on any atom is -0.276 e. The second-order valence-electron chi connectivity index (χ2n) is 1.64. The number of pyridine rings is 1. The molecule has 0 N–H and O–H groups in total. The summed E-state index contributed by atoms with van der Waals surface area (Å²) in [5.74, 6) is 0. The second kappa shape index (κ2) is 3.12. The zero-order valence-electron chi connectivity index (χ0n) is 4.84. The molecule has 1 rings (SSSR count). The lowest BCUT2D eigenvalue weighted by Crippen LogP contribution is -1.88. The summed E-state index contributed by atoms with van der Waals surface area (Å²) in [4.78, 5) is 14.3. The van der Waals surface area contributed by atoms with Gasteiger partial charge in [0.1, 0.15) is 4.60 Å². The van der Waals surface area contributed by atoms with E-state index in [9.17, 15) is 4.79 Å². The molecule has 0 bridgehead atoms. The highest BCUT2D eigenvalue weighted by molar-refractivity contribution is 9.10. The van der Waals surface area contributed by atoms with Gasteiger partial charge in [0, 0.05) is 6.20 Å². The highest BCUT2D eigenvalue weighted by Gasteiger charge is 1.99. The van der Waals surface area contributed by atoms with Crippen LogP contribution in [0.15, 0.2) is 22.9 Å². The molecular formula is C6H3BrClNO. The molecule has 1 aromatic heterocycles. The van der Waals surface area contributed by atoms with Gasteiger partial charge in [0.2, 0.25) is 0 Å². The molecule has 0 radical (unpaired) electrons. The van der Waals surface area contributed by atoms with Crippen LogP contribution in [0.25, 0.3) is 0 Å². The van der Waals surface area contributed by atoms with Gasteiger partial charge in [-0.3, -0.25) is 4.79 Å². The Morgan fingerprint density at radius 2 is 2.30 bits per heavy atom. The molecule has 52 valence electrons. The van der Waals surface area contributed by atoms with Crippen molar-refractivity contribution in [2.75, 3.05) is 0 Å². The van der Waals surface area contributed by atoms with Crippen molar-refractivity contribution in [1.82, 2.24) is 4.98 Å². The quantitative estimate of drug-likeness (QED) is 0.536. The summed E-state index contributed by atoms with van der Waals surface area (Å²) in [6.45, 7) is 0. The summed E-state index contributed by atoms with van der Waals surface area (Å²) in [5.41, 5.74) is 0.407. The van der Waals surface area contributed by atoms with Crippen molar-refractivity contribution >= 4 is 32.8 Å². The Hall–Kier alpha value is -0.410. The molecule has 2 nitrogen and oxygen atoms in total. The van der Waals surface area contributed by atoms with E-state index in [1.54, 1.807) is 12.1 Å². The van der Waals surface area contributed by atoms with Crippen LogP contribution in [0.4, 0.5) is 0 Å². The lowest BCUT2D eigenvalue weighted by Gasteiger charge is -1.90. The van der Waals surface area contributed by atoms with Gasteiger partial charge in [-0.1, -0.05) is 0 Å².